The van der Waals surface area contributed by atoms with Gasteiger partial charge in [0.05, 0.1) is 11.7 Å². The average molecular weight is 417 g/mol. The first-order valence-corrected chi connectivity index (χ1v) is 14.2. The zero-order valence-corrected chi connectivity index (χ0v) is 20.5. The summed E-state index contributed by atoms with van der Waals surface area (Å²) in [5.74, 6) is 0.193. The Kier molecular flexibility index (Phi) is 9.18. The van der Waals surface area contributed by atoms with Crippen LogP contribution in [0.25, 0.3) is 0 Å². The molecule has 6 heteroatoms. The molecule has 1 aliphatic carbocycles. The SMILES string of the molecule is CSC(=O)C1=C(SC)C[C@@H](C)[C@@H](O[Si](C(C)C)(C(C)C)C(C)C)CC1=O. The van der Waals surface area contributed by atoms with Crippen molar-refractivity contribution in [1.82, 2.24) is 0 Å². The molecule has 0 heterocycles. The molecule has 0 aromatic rings. The summed E-state index contributed by atoms with van der Waals surface area (Å²) in [6, 6.07) is 0. The van der Waals surface area contributed by atoms with Crippen LogP contribution in [-0.2, 0) is 14.0 Å². The number of hydrogen-bond donors (Lipinski definition) is 0. The van der Waals surface area contributed by atoms with Crippen LogP contribution in [-0.4, -0.2) is 37.8 Å². The molecule has 0 saturated carbocycles. The van der Waals surface area contributed by atoms with E-state index in [4.69, 9.17) is 4.43 Å². The first kappa shape index (κ1) is 24.0. The Morgan fingerprint density at radius 2 is 1.54 bits per heavy atom. The number of ketones is 1. The van der Waals surface area contributed by atoms with Crippen molar-refractivity contribution in [1.29, 1.82) is 0 Å². The fourth-order valence-corrected chi connectivity index (χ4v) is 11.5. The van der Waals surface area contributed by atoms with Gasteiger partial charge in [-0.1, -0.05) is 60.2 Å². The monoisotopic (exact) mass is 416 g/mol. The molecule has 0 bridgehead atoms. The molecule has 26 heavy (non-hydrogen) atoms. The maximum Gasteiger partial charge on any atom is 0.223 e. The summed E-state index contributed by atoms with van der Waals surface area (Å²) in [6.07, 6.45) is 4.68. The molecule has 0 aliphatic heterocycles. The molecule has 0 aromatic heterocycles. The van der Waals surface area contributed by atoms with Gasteiger partial charge in [-0.15, -0.1) is 11.8 Å². The molecule has 0 N–H and O–H groups in total. The van der Waals surface area contributed by atoms with Gasteiger partial charge in [0.25, 0.3) is 0 Å². The summed E-state index contributed by atoms with van der Waals surface area (Å²) >= 11 is 2.67. The van der Waals surface area contributed by atoms with E-state index in [9.17, 15) is 9.59 Å². The van der Waals surface area contributed by atoms with Crippen LogP contribution in [0.15, 0.2) is 10.5 Å². The van der Waals surface area contributed by atoms with Crippen molar-refractivity contribution >= 4 is 42.7 Å². The van der Waals surface area contributed by atoms with E-state index in [0.717, 1.165) is 23.1 Å². The fourth-order valence-electron chi connectivity index (χ4n) is 4.51. The van der Waals surface area contributed by atoms with Crippen LogP contribution < -0.4 is 0 Å². The zero-order valence-electron chi connectivity index (χ0n) is 17.8. The summed E-state index contributed by atoms with van der Waals surface area (Å²) in [5.41, 5.74) is 1.85. The van der Waals surface area contributed by atoms with Crippen LogP contribution >= 0.6 is 23.5 Å². The van der Waals surface area contributed by atoms with Gasteiger partial charge in [0.2, 0.25) is 13.4 Å². The second kappa shape index (κ2) is 9.94. The van der Waals surface area contributed by atoms with Gasteiger partial charge in [0.1, 0.15) is 0 Å². The standard InChI is InChI=1S/C20H36O3S2Si/c1-12(2)26(13(3)4,14(5)6)23-17-11-16(21)19(20(22)25-9)18(24-8)10-15(17)7/h12-15,17H,10-11H2,1-9H3/t15-,17+/m1/s1. The summed E-state index contributed by atoms with van der Waals surface area (Å²) < 4.78 is 6.94. The van der Waals surface area contributed by atoms with Gasteiger partial charge in [-0.2, -0.15) is 0 Å². The summed E-state index contributed by atoms with van der Waals surface area (Å²) in [4.78, 5) is 26.3. The van der Waals surface area contributed by atoms with Gasteiger partial charge in [-0.05, 0) is 41.5 Å². The lowest BCUT2D eigenvalue weighted by atomic mass is 10.00. The number of hydrogen-bond acceptors (Lipinski definition) is 5. The molecule has 0 aromatic carbocycles. The van der Waals surface area contributed by atoms with Gasteiger partial charge < -0.3 is 4.43 Å². The number of thioether (sulfide) groups is 2. The number of allylic oxidation sites excluding steroid dienone is 1. The number of carbonyl (C=O) groups is 2. The largest absolute Gasteiger partial charge is 0.412 e. The van der Waals surface area contributed by atoms with Crippen LogP contribution in [0.3, 0.4) is 0 Å². The summed E-state index contributed by atoms with van der Waals surface area (Å²) in [6.45, 7) is 15.8. The van der Waals surface area contributed by atoms with E-state index in [2.05, 4.69) is 48.5 Å². The van der Waals surface area contributed by atoms with Gasteiger partial charge in [-0.25, -0.2) is 0 Å². The Morgan fingerprint density at radius 1 is 1.04 bits per heavy atom. The third kappa shape index (κ3) is 4.86. The van der Waals surface area contributed by atoms with Crippen LogP contribution in [0, 0.1) is 5.92 Å². The molecule has 3 nitrogen and oxygen atoms in total. The third-order valence-corrected chi connectivity index (χ3v) is 13.3. The number of rotatable bonds is 7. The molecule has 0 radical (unpaired) electrons. The molecule has 0 amide bonds. The minimum absolute atomic E-state index is 0.0396. The zero-order chi connectivity index (χ0) is 20.2. The highest BCUT2D eigenvalue weighted by Crippen LogP contribution is 2.45. The van der Waals surface area contributed by atoms with Crippen LogP contribution in [0.5, 0.6) is 0 Å². The van der Waals surface area contributed by atoms with E-state index in [1.165, 1.54) is 11.8 Å². The van der Waals surface area contributed by atoms with Gasteiger partial charge in [0.15, 0.2) is 5.78 Å². The smallest absolute Gasteiger partial charge is 0.223 e. The highest BCUT2D eigenvalue weighted by molar-refractivity contribution is 8.13. The van der Waals surface area contributed by atoms with Crippen molar-refractivity contribution in [2.75, 3.05) is 12.5 Å². The van der Waals surface area contributed by atoms with Gasteiger partial charge in [-0.3, -0.25) is 9.59 Å². The summed E-state index contributed by atoms with van der Waals surface area (Å²) in [5, 5.41) is -0.104. The molecule has 1 rings (SSSR count). The molecule has 0 unspecified atom stereocenters. The van der Waals surface area contributed by atoms with Crippen LogP contribution in [0.2, 0.25) is 16.6 Å². The fraction of sp³-hybridized carbons (Fsp3) is 0.800. The lowest BCUT2D eigenvalue weighted by Gasteiger charge is -2.45. The minimum Gasteiger partial charge on any atom is -0.412 e. The number of carbonyl (C=O) groups excluding carboxylic acids is 2. The second-order valence-electron chi connectivity index (χ2n) is 8.28. The lowest BCUT2D eigenvalue weighted by molar-refractivity contribution is -0.119. The van der Waals surface area contributed by atoms with E-state index in [1.807, 2.05) is 6.26 Å². The molecule has 0 spiro atoms. The molecular formula is C20H36O3S2Si. The maximum absolute atomic E-state index is 13.0. The molecule has 2 atom stereocenters. The lowest BCUT2D eigenvalue weighted by Crippen LogP contribution is -2.51. The Balaban J connectivity index is 3.25. The molecule has 150 valence electrons. The topological polar surface area (TPSA) is 43.4 Å². The Labute approximate surface area is 169 Å². The first-order chi connectivity index (χ1) is 12.0. The predicted molar refractivity (Wildman–Crippen MR) is 118 cm³/mol. The van der Waals surface area contributed by atoms with Crippen molar-refractivity contribution < 1.29 is 14.0 Å². The van der Waals surface area contributed by atoms with Crippen LogP contribution in [0.4, 0.5) is 0 Å². The van der Waals surface area contributed by atoms with E-state index >= 15 is 0 Å². The first-order valence-electron chi connectivity index (χ1n) is 9.59. The Morgan fingerprint density at radius 3 is 1.92 bits per heavy atom. The van der Waals surface area contributed by atoms with E-state index in [-0.39, 0.29) is 22.9 Å². The third-order valence-electron chi connectivity index (χ3n) is 5.78. The second-order valence-corrected chi connectivity index (χ2v) is 15.4. The minimum atomic E-state index is -2.07. The van der Waals surface area contributed by atoms with E-state index in [1.54, 1.807) is 6.26 Å². The highest BCUT2D eigenvalue weighted by Gasteiger charge is 2.48. The molecule has 0 fully saturated rings. The van der Waals surface area contributed by atoms with Crippen molar-refractivity contribution in [2.45, 2.75) is 84.0 Å². The maximum atomic E-state index is 13.0. The predicted octanol–water partition coefficient (Wildman–Crippen LogP) is 6.05. The van der Waals surface area contributed by atoms with E-state index < -0.39 is 8.32 Å². The van der Waals surface area contributed by atoms with E-state index in [0.29, 0.717) is 28.6 Å². The van der Waals surface area contributed by atoms with Crippen molar-refractivity contribution in [2.24, 2.45) is 5.92 Å². The van der Waals surface area contributed by atoms with Crippen molar-refractivity contribution in [3.63, 3.8) is 0 Å². The molecule has 0 saturated heterocycles. The molecular weight excluding hydrogens is 380 g/mol. The van der Waals surface area contributed by atoms with Crippen LogP contribution in [0.1, 0.15) is 61.3 Å². The summed E-state index contributed by atoms with van der Waals surface area (Å²) in [7, 11) is -2.07. The van der Waals surface area contributed by atoms with Crippen molar-refractivity contribution in [3.8, 4) is 0 Å². The Bertz CT molecular complexity index is 533. The number of Topliss-reactive ketones (excluding diaryl/α,β-unsaturated/α-hetero) is 1. The van der Waals surface area contributed by atoms with Crippen molar-refractivity contribution in [3.05, 3.63) is 10.5 Å². The quantitative estimate of drug-likeness (QED) is 0.373. The normalized spacial score (nSPS) is 22.5. The van der Waals surface area contributed by atoms with Gasteiger partial charge >= 0.3 is 0 Å². The average Bonchev–Trinajstić information content (AvgIpc) is 2.67. The van der Waals surface area contributed by atoms with Gasteiger partial charge in [0, 0.05) is 11.3 Å². The highest BCUT2D eigenvalue weighted by atomic mass is 32.2. The molecule has 1 aliphatic rings. The Hall–Kier alpha value is -0.0431.